The van der Waals surface area contributed by atoms with Gasteiger partial charge in [-0.3, -0.25) is 0 Å². The van der Waals surface area contributed by atoms with Gasteiger partial charge in [0, 0.05) is 18.8 Å². The first-order chi connectivity index (χ1) is 9.16. The lowest BCUT2D eigenvalue weighted by atomic mass is 10.1. The SMILES string of the molecule is Cc1ccc(NCCNc2ccccc2O)cc1C. The maximum absolute atomic E-state index is 9.61. The summed E-state index contributed by atoms with van der Waals surface area (Å²) in [5.41, 5.74) is 4.49. The Labute approximate surface area is 114 Å². The van der Waals surface area contributed by atoms with Crippen molar-refractivity contribution < 1.29 is 5.11 Å². The Morgan fingerprint density at radius 2 is 1.63 bits per heavy atom. The Hall–Kier alpha value is -2.16. The summed E-state index contributed by atoms with van der Waals surface area (Å²) in [5.74, 6) is 0.286. The second-order valence-electron chi connectivity index (χ2n) is 4.67. The number of benzene rings is 2. The van der Waals surface area contributed by atoms with Gasteiger partial charge in [-0.15, -0.1) is 0 Å². The highest BCUT2D eigenvalue weighted by molar-refractivity contribution is 5.55. The molecule has 19 heavy (non-hydrogen) atoms. The van der Waals surface area contributed by atoms with Crippen molar-refractivity contribution in [1.29, 1.82) is 0 Å². The third kappa shape index (κ3) is 3.65. The van der Waals surface area contributed by atoms with Gasteiger partial charge in [0.25, 0.3) is 0 Å². The first-order valence-electron chi connectivity index (χ1n) is 6.50. The summed E-state index contributed by atoms with van der Waals surface area (Å²) in [6, 6.07) is 13.6. The molecule has 0 amide bonds. The van der Waals surface area contributed by atoms with Gasteiger partial charge in [0.1, 0.15) is 5.75 Å². The van der Waals surface area contributed by atoms with E-state index >= 15 is 0 Å². The number of hydrogen-bond donors (Lipinski definition) is 3. The summed E-state index contributed by atoms with van der Waals surface area (Å²) in [7, 11) is 0. The maximum atomic E-state index is 9.61. The van der Waals surface area contributed by atoms with Gasteiger partial charge in [-0.1, -0.05) is 18.2 Å². The average molecular weight is 256 g/mol. The fourth-order valence-corrected chi connectivity index (χ4v) is 1.88. The number of rotatable bonds is 5. The molecule has 3 heteroatoms. The van der Waals surface area contributed by atoms with Gasteiger partial charge in [0.15, 0.2) is 0 Å². The molecule has 0 saturated heterocycles. The highest BCUT2D eigenvalue weighted by atomic mass is 16.3. The Morgan fingerprint density at radius 3 is 2.37 bits per heavy atom. The predicted molar refractivity (Wildman–Crippen MR) is 81.0 cm³/mol. The molecule has 0 fully saturated rings. The molecule has 0 aliphatic heterocycles. The van der Waals surface area contributed by atoms with Crippen LogP contribution in [0.5, 0.6) is 5.75 Å². The van der Waals surface area contributed by atoms with E-state index in [4.69, 9.17) is 0 Å². The van der Waals surface area contributed by atoms with Crippen LogP contribution in [-0.2, 0) is 0 Å². The molecule has 2 aromatic rings. The van der Waals surface area contributed by atoms with E-state index in [1.807, 2.05) is 18.2 Å². The molecule has 3 nitrogen and oxygen atoms in total. The van der Waals surface area contributed by atoms with E-state index in [2.05, 4.69) is 42.7 Å². The third-order valence-electron chi connectivity index (χ3n) is 3.18. The standard InChI is InChI=1S/C16H20N2O/c1-12-7-8-14(11-13(12)2)17-9-10-18-15-5-3-4-6-16(15)19/h3-8,11,17-19H,9-10H2,1-2H3. The zero-order chi connectivity index (χ0) is 13.7. The van der Waals surface area contributed by atoms with E-state index in [1.165, 1.54) is 11.1 Å². The molecule has 0 aliphatic carbocycles. The second-order valence-corrected chi connectivity index (χ2v) is 4.67. The normalized spacial score (nSPS) is 10.2. The number of phenols is 1. The predicted octanol–water partition coefficient (Wildman–Crippen LogP) is 3.53. The number of aromatic hydroxyl groups is 1. The molecule has 0 aromatic heterocycles. The zero-order valence-electron chi connectivity index (χ0n) is 11.4. The van der Waals surface area contributed by atoms with Crippen LogP contribution in [0.1, 0.15) is 11.1 Å². The van der Waals surface area contributed by atoms with Crippen molar-refractivity contribution in [3.05, 3.63) is 53.6 Å². The fourth-order valence-electron chi connectivity index (χ4n) is 1.88. The Morgan fingerprint density at radius 1 is 0.895 bits per heavy atom. The smallest absolute Gasteiger partial charge is 0.138 e. The highest BCUT2D eigenvalue weighted by Crippen LogP contribution is 2.21. The lowest BCUT2D eigenvalue weighted by Gasteiger charge is -2.11. The van der Waals surface area contributed by atoms with Crippen molar-refractivity contribution in [2.45, 2.75) is 13.8 Å². The molecule has 0 saturated carbocycles. The van der Waals surface area contributed by atoms with Crippen molar-refractivity contribution in [3.63, 3.8) is 0 Å². The summed E-state index contributed by atoms with van der Waals surface area (Å²) in [5, 5.41) is 16.2. The molecule has 0 spiro atoms. The Kier molecular flexibility index (Phi) is 4.29. The van der Waals surface area contributed by atoms with Crippen molar-refractivity contribution in [3.8, 4) is 5.75 Å². The van der Waals surface area contributed by atoms with Crippen molar-refractivity contribution >= 4 is 11.4 Å². The van der Waals surface area contributed by atoms with Gasteiger partial charge < -0.3 is 15.7 Å². The van der Waals surface area contributed by atoms with E-state index < -0.39 is 0 Å². The van der Waals surface area contributed by atoms with Crippen LogP contribution < -0.4 is 10.6 Å². The Bertz CT molecular complexity index is 552. The molecule has 0 unspecified atom stereocenters. The molecule has 2 aromatic carbocycles. The van der Waals surface area contributed by atoms with Crippen LogP contribution in [-0.4, -0.2) is 18.2 Å². The van der Waals surface area contributed by atoms with Crippen LogP contribution >= 0.6 is 0 Å². The van der Waals surface area contributed by atoms with Crippen molar-refractivity contribution in [2.75, 3.05) is 23.7 Å². The second kappa shape index (κ2) is 6.14. The number of anilines is 2. The number of para-hydroxylation sites is 2. The summed E-state index contributed by atoms with van der Waals surface area (Å²) >= 11 is 0. The quantitative estimate of drug-likeness (QED) is 0.566. The summed E-state index contributed by atoms with van der Waals surface area (Å²) in [6.07, 6.45) is 0. The lowest BCUT2D eigenvalue weighted by molar-refractivity contribution is 0.477. The van der Waals surface area contributed by atoms with Crippen molar-refractivity contribution in [1.82, 2.24) is 0 Å². The molecular weight excluding hydrogens is 236 g/mol. The van der Waals surface area contributed by atoms with E-state index in [1.54, 1.807) is 6.07 Å². The topological polar surface area (TPSA) is 44.3 Å². The molecule has 2 rings (SSSR count). The van der Waals surface area contributed by atoms with E-state index in [9.17, 15) is 5.11 Å². The van der Waals surface area contributed by atoms with E-state index in [0.717, 1.165) is 24.5 Å². The first-order valence-corrected chi connectivity index (χ1v) is 6.50. The first kappa shape index (κ1) is 13.3. The van der Waals surface area contributed by atoms with E-state index in [0.29, 0.717) is 0 Å². The molecule has 100 valence electrons. The van der Waals surface area contributed by atoms with Crippen LogP contribution in [0.15, 0.2) is 42.5 Å². The van der Waals surface area contributed by atoms with Crippen LogP contribution in [0, 0.1) is 13.8 Å². The minimum Gasteiger partial charge on any atom is -0.506 e. The average Bonchev–Trinajstić information content (AvgIpc) is 2.40. The third-order valence-corrected chi connectivity index (χ3v) is 3.18. The zero-order valence-corrected chi connectivity index (χ0v) is 11.4. The molecule has 0 radical (unpaired) electrons. The minimum atomic E-state index is 0.286. The summed E-state index contributed by atoms with van der Waals surface area (Å²) in [4.78, 5) is 0. The minimum absolute atomic E-state index is 0.286. The maximum Gasteiger partial charge on any atom is 0.138 e. The molecule has 0 aliphatic rings. The van der Waals surface area contributed by atoms with Gasteiger partial charge in [-0.2, -0.15) is 0 Å². The molecule has 0 bridgehead atoms. The molecular formula is C16H20N2O. The fraction of sp³-hybridized carbons (Fsp3) is 0.250. The van der Waals surface area contributed by atoms with Crippen molar-refractivity contribution in [2.24, 2.45) is 0 Å². The largest absolute Gasteiger partial charge is 0.506 e. The lowest BCUT2D eigenvalue weighted by Crippen LogP contribution is -2.13. The summed E-state index contributed by atoms with van der Waals surface area (Å²) in [6.45, 7) is 5.78. The number of nitrogens with one attached hydrogen (secondary N) is 2. The van der Waals surface area contributed by atoms with Gasteiger partial charge in [0.2, 0.25) is 0 Å². The van der Waals surface area contributed by atoms with Crippen LogP contribution in [0.2, 0.25) is 0 Å². The van der Waals surface area contributed by atoms with Crippen LogP contribution in [0.4, 0.5) is 11.4 Å². The van der Waals surface area contributed by atoms with Gasteiger partial charge >= 0.3 is 0 Å². The number of aryl methyl sites for hydroxylation is 2. The van der Waals surface area contributed by atoms with Gasteiger partial charge in [-0.05, 0) is 49.2 Å². The monoisotopic (exact) mass is 256 g/mol. The van der Waals surface area contributed by atoms with Gasteiger partial charge in [-0.25, -0.2) is 0 Å². The molecule has 0 atom stereocenters. The molecule has 0 heterocycles. The summed E-state index contributed by atoms with van der Waals surface area (Å²) < 4.78 is 0. The van der Waals surface area contributed by atoms with Crippen LogP contribution in [0.3, 0.4) is 0 Å². The van der Waals surface area contributed by atoms with Crippen LogP contribution in [0.25, 0.3) is 0 Å². The van der Waals surface area contributed by atoms with E-state index in [-0.39, 0.29) is 5.75 Å². The highest BCUT2D eigenvalue weighted by Gasteiger charge is 1.98. The Balaban J connectivity index is 1.81. The number of hydrogen-bond acceptors (Lipinski definition) is 3. The number of phenolic OH excluding ortho intramolecular Hbond substituents is 1. The molecule has 3 N–H and O–H groups in total. The van der Waals surface area contributed by atoms with Gasteiger partial charge in [0.05, 0.1) is 5.69 Å².